The van der Waals surface area contributed by atoms with Gasteiger partial charge in [-0.3, -0.25) is 9.59 Å². The third kappa shape index (κ3) is 7.10. The lowest BCUT2D eigenvalue weighted by Crippen LogP contribution is -2.38. The molecule has 1 unspecified atom stereocenters. The Hall–Kier alpha value is -2.37. The van der Waals surface area contributed by atoms with Gasteiger partial charge in [0, 0.05) is 17.0 Å². The number of hydrogen-bond acceptors (Lipinski definition) is 5. The van der Waals surface area contributed by atoms with Crippen molar-refractivity contribution in [2.75, 3.05) is 13.2 Å². The monoisotopic (exact) mass is 507 g/mol. The molecule has 2 aromatic carbocycles. The molecule has 1 fully saturated rings. The van der Waals surface area contributed by atoms with Crippen molar-refractivity contribution in [1.82, 2.24) is 5.32 Å². The maximum absolute atomic E-state index is 12.9. The zero-order valence-electron chi connectivity index (χ0n) is 22.6. The minimum atomic E-state index is -0.733. The number of thiol groups is 1. The molecule has 3 rings (SSSR count). The van der Waals surface area contributed by atoms with Crippen LogP contribution in [-0.2, 0) is 14.9 Å². The molecule has 0 heterocycles. The molecule has 0 radical (unpaired) electrons. The maximum atomic E-state index is 12.9. The average molecular weight is 508 g/mol. The summed E-state index contributed by atoms with van der Waals surface area (Å²) >= 11 is 4.72. The molecule has 0 aromatic heterocycles. The maximum Gasteiger partial charge on any atom is 0.323 e. The van der Waals surface area contributed by atoms with Gasteiger partial charge in [0.2, 0.25) is 0 Å². The van der Waals surface area contributed by atoms with E-state index < -0.39 is 5.25 Å². The first-order chi connectivity index (χ1) is 17.0. The highest BCUT2D eigenvalue weighted by Gasteiger charge is 2.27. The number of ketones is 1. The van der Waals surface area contributed by atoms with Gasteiger partial charge in [0.25, 0.3) is 0 Å². The van der Waals surface area contributed by atoms with Gasteiger partial charge in [0.05, 0.1) is 13.2 Å². The topological polar surface area (TPSA) is 55.4 Å². The lowest BCUT2D eigenvalue weighted by molar-refractivity contribution is -0.141. The minimum absolute atomic E-state index is 0.0943. The van der Waals surface area contributed by atoms with Gasteiger partial charge in [-0.1, -0.05) is 80.8 Å². The van der Waals surface area contributed by atoms with Gasteiger partial charge in [0.1, 0.15) is 5.25 Å². The lowest BCUT2D eigenvalue weighted by atomic mass is 9.80. The molecule has 1 saturated carbocycles. The van der Waals surface area contributed by atoms with Crippen molar-refractivity contribution in [3.8, 4) is 0 Å². The number of nitrogens with one attached hydrogen (secondary N) is 1. The Kier molecular flexibility index (Phi) is 9.59. The number of Topliss-reactive ketones (excluding diaryl/α,β-unsaturated/α-hetero) is 1. The molecule has 0 spiro atoms. The Labute approximate surface area is 222 Å². The summed E-state index contributed by atoms with van der Waals surface area (Å²) in [5.74, 6) is -0.262. The van der Waals surface area contributed by atoms with Gasteiger partial charge >= 0.3 is 5.97 Å². The fraction of sp³-hybridized carbons (Fsp3) is 0.484. The summed E-state index contributed by atoms with van der Waals surface area (Å²) in [7, 11) is 0. The fourth-order valence-electron chi connectivity index (χ4n) is 4.65. The van der Waals surface area contributed by atoms with E-state index in [1.54, 1.807) is 0 Å². The Balaban J connectivity index is 1.97. The number of carbonyl (C=O) groups is 2. The fourth-order valence-corrected chi connectivity index (χ4v) is 4.95. The Morgan fingerprint density at radius 3 is 2.33 bits per heavy atom. The molecule has 2 aromatic rings. The summed E-state index contributed by atoms with van der Waals surface area (Å²) < 4.78 is 5.46. The van der Waals surface area contributed by atoms with Crippen molar-refractivity contribution >= 4 is 30.0 Å². The smallest absolute Gasteiger partial charge is 0.323 e. The van der Waals surface area contributed by atoms with E-state index in [1.165, 1.54) is 23.1 Å². The van der Waals surface area contributed by atoms with Crippen LogP contribution in [0.1, 0.15) is 84.6 Å². The number of hydrogen-bond donors (Lipinski definition) is 2. The van der Waals surface area contributed by atoms with E-state index >= 15 is 0 Å². The van der Waals surface area contributed by atoms with Crippen molar-refractivity contribution in [1.29, 1.82) is 0 Å². The minimum Gasteiger partial charge on any atom is -0.465 e. The van der Waals surface area contributed by atoms with Crippen LogP contribution in [0.4, 0.5) is 0 Å². The standard InChI is InChI=1S/C31H41NO3S/c1-7-13-35-30(34)29(36)27(18-31(5,6)24-15-20(2)14-21(3)16-24)23-11-12-26(22(4)17-23)28(33)19-32-25-9-8-10-25/h11-12,14-18,25,29,32,36H,7-10,13,19H2,1-6H3/b27-18-. The van der Waals surface area contributed by atoms with Gasteiger partial charge < -0.3 is 10.1 Å². The number of ether oxygens (including phenoxy) is 1. The van der Waals surface area contributed by atoms with Crippen LogP contribution in [0, 0.1) is 20.8 Å². The molecule has 1 aliphatic rings. The number of carbonyl (C=O) groups excluding carboxylic acids is 2. The summed E-state index contributed by atoms with van der Waals surface area (Å²) in [6, 6.07) is 12.8. The molecular weight excluding hydrogens is 466 g/mol. The molecule has 0 aliphatic heterocycles. The highest BCUT2D eigenvalue weighted by Crippen LogP contribution is 2.34. The van der Waals surface area contributed by atoms with Gasteiger partial charge in [-0.2, -0.15) is 12.6 Å². The molecular formula is C31H41NO3S. The van der Waals surface area contributed by atoms with Crippen LogP contribution in [0.3, 0.4) is 0 Å². The second-order valence-electron chi connectivity index (χ2n) is 10.7. The molecule has 1 N–H and O–H groups in total. The number of benzene rings is 2. The van der Waals surface area contributed by atoms with Crippen LogP contribution < -0.4 is 5.32 Å². The van der Waals surface area contributed by atoms with Crippen molar-refractivity contribution in [3.05, 3.63) is 75.9 Å². The van der Waals surface area contributed by atoms with E-state index in [4.69, 9.17) is 17.4 Å². The third-order valence-corrected chi connectivity index (χ3v) is 7.45. The number of allylic oxidation sites excluding steroid dienone is 1. The van der Waals surface area contributed by atoms with Crippen LogP contribution in [0.2, 0.25) is 0 Å². The van der Waals surface area contributed by atoms with E-state index in [9.17, 15) is 9.59 Å². The van der Waals surface area contributed by atoms with Gasteiger partial charge in [-0.25, -0.2) is 0 Å². The Morgan fingerprint density at radius 2 is 1.78 bits per heavy atom. The zero-order chi connectivity index (χ0) is 26.5. The molecule has 4 nitrogen and oxygen atoms in total. The highest BCUT2D eigenvalue weighted by atomic mass is 32.1. The molecule has 5 heteroatoms. The summed E-state index contributed by atoms with van der Waals surface area (Å²) in [5, 5.41) is 2.63. The SMILES string of the molecule is CCCOC(=O)C(S)/C(=C\C(C)(C)c1cc(C)cc(C)c1)c1ccc(C(=O)CNC2CCC2)c(C)c1. The van der Waals surface area contributed by atoms with Crippen LogP contribution in [0.25, 0.3) is 5.57 Å². The largest absolute Gasteiger partial charge is 0.465 e. The molecule has 1 atom stereocenters. The number of aryl methyl sites for hydroxylation is 3. The van der Waals surface area contributed by atoms with Crippen LogP contribution in [0.15, 0.2) is 42.5 Å². The van der Waals surface area contributed by atoms with Crippen LogP contribution >= 0.6 is 12.6 Å². The summed E-state index contributed by atoms with van der Waals surface area (Å²) in [4.78, 5) is 25.8. The van der Waals surface area contributed by atoms with E-state index in [-0.39, 0.29) is 17.2 Å². The first-order valence-corrected chi connectivity index (χ1v) is 13.6. The lowest BCUT2D eigenvalue weighted by Gasteiger charge is -2.27. The summed E-state index contributed by atoms with van der Waals surface area (Å²) in [6.07, 6.45) is 6.41. The quantitative estimate of drug-likeness (QED) is 0.206. The van der Waals surface area contributed by atoms with E-state index in [1.807, 2.05) is 32.0 Å². The first-order valence-electron chi connectivity index (χ1n) is 13.1. The van der Waals surface area contributed by atoms with Gasteiger partial charge in [-0.05, 0) is 62.3 Å². The van der Waals surface area contributed by atoms with Gasteiger partial charge in [0.15, 0.2) is 5.78 Å². The Morgan fingerprint density at radius 1 is 1.11 bits per heavy atom. The molecule has 36 heavy (non-hydrogen) atoms. The number of rotatable bonds is 11. The van der Waals surface area contributed by atoms with Crippen LogP contribution in [0.5, 0.6) is 0 Å². The molecule has 194 valence electrons. The van der Waals surface area contributed by atoms with Crippen molar-refractivity contribution < 1.29 is 14.3 Å². The molecule has 1 aliphatic carbocycles. The van der Waals surface area contributed by atoms with Crippen molar-refractivity contribution in [2.45, 2.75) is 83.9 Å². The van der Waals surface area contributed by atoms with Gasteiger partial charge in [-0.15, -0.1) is 0 Å². The van der Waals surface area contributed by atoms with Crippen molar-refractivity contribution in [2.24, 2.45) is 0 Å². The second kappa shape index (κ2) is 12.2. The van der Waals surface area contributed by atoms with E-state index in [0.29, 0.717) is 24.8 Å². The molecule has 0 amide bonds. The summed E-state index contributed by atoms with van der Waals surface area (Å²) in [5.41, 5.74) is 6.49. The van der Waals surface area contributed by atoms with Crippen molar-refractivity contribution in [3.63, 3.8) is 0 Å². The van der Waals surface area contributed by atoms with Crippen LogP contribution in [-0.4, -0.2) is 36.2 Å². The van der Waals surface area contributed by atoms with E-state index in [2.05, 4.69) is 57.3 Å². The molecule has 0 bridgehead atoms. The first kappa shape index (κ1) is 28.2. The third-order valence-electron chi connectivity index (χ3n) is 6.96. The molecule has 0 saturated heterocycles. The Bertz CT molecular complexity index is 1110. The van der Waals surface area contributed by atoms with E-state index in [0.717, 1.165) is 36.0 Å². The number of esters is 1. The predicted octanol–water partition coefficient (Wildman–Crippen LogP) is 6.55. The second-order valence-corrected chi connectivity index (χ2v) is 11.2. The zero-order valence-corrected chi connectivity index (χ0v) is 23.5. The highest BCUT2D eigenvalue weighted by molar-refractivity contribution is 7.82. The summed E-state index contributed by atoms with van der Waals surface area (Å²) in [6.45, 7) is 13.1. The average Bonchev–Trinajstić information content (AvgIpc) is 2.78. The normalized spacial score (nSPS) is 15.4. The predicted molar refractivity (Wildman–Crippen MR) is 152 cm³/mol.